The van der Waals surface area contributed by atoms with Gasteiger partial charge in [0.15, 0.2) is 11.6 Å². The topological polar surface area (TPSA) is 88.2 Å². The molecule has 422 valence electrons. The number of carbonyl (C=O) groups excluding carboxylic acids is 2. The minimum atomic E-state index is -0.215. The Bertz CT molecular complexity index is 4830. The van der Waals surface area contributed by atoms with E-state index in [1.165, 1.54) is 38.8 Å². The minimum absolute atomic E-state index is 0.0135. The Kier molecular flexibility index (Phi) is 14.2. The Labute approximate surface area is 513 Å². The maximum absolute atomic E-state index is 13.2. The van der Waals surface area contributed by atoms with Crippen molar-refractivity contribution in [1.82, 2.24) is 0 Å². The van der Waals surface area contributed by atoms with Gasteiger partial charge in [-0.2, -0.15) is 10.5 Å². The number of benzene rings is 11. The van der Waals surface area contributed by atoms with Crippen LogP contribution < -0.4 is 9.80 Å². The summed E-state index contributed by atoms with van der Waals surface area (Å²) in [6.07, 6.45) is 5.29. The summed E-state index contributed by atoms with van der Waals surface area (Å²) in [6, 6.07) is 77.4. The molecular weight excluding hydrogens is 1080 g/mol. The number of rotatable bonds is 13. The van der Waals surface area contributed by atoms with Crippen molar-refractivity contribution in [3.05, 3.63) is 272 Å². The lowest BCUT2D eigenvalue weighted by atomic mass is 9.79. The highest BCUT2D eigenvalue weighted by atomic mass is 32.1. The fourth-order valence-electron chi connectivity index (χ4n) is 13.0. The van der Waals surface area contributed by atoms with Crippen LogP contribution in [-0.4, -0.2) is 11.6 Å². The third-order valence-corrected chi connectivity index (χ3v) is 18.8. The average Bonchev–Trinajstić information content (AvgIpc) is 1.36. The first-order valence-electron chi connectivity index (χ1n) is 29.7. The Hall–Kier alpha value is -10.2. The van der Waals surface area contributed by atoms with Crippen LogP contribution in [-0.2, 0) is 17.3 Å². The molecule has 0 N–H and O–H groups in total. The van der Waals surface area contributed by atoms with Gasteiger partial charge in [0.2, 0.25) is 0 Å². The Morgan fingerprint density at radius 2 is 1.03 bits per heavy atom. The molecule has 0 aliphatic heterocycles. The second-order valence-corrected chi connectivity index (χ2v) is 26.0. The molecule has 0 atom stereocenters. The Morgan fingerprint density at radius 3 is 1.63 bits per heavy atom. The molecule has 1 aliphatic rings. The van der Waals surface area contributed by atoms with Crippen molar-refractivity contribution in [3.8, 4) is 22.6 Å². The van der Waals surface area contributed by atoms with Crippen molar-refractivity contribution in [1.29, 1.82) is 10.5 Å². The summed E-state index contributed by atoms with van der Waals surface area (Å²) < 4.78 is 0. The first kappa shape index (κ1) is 56.0. The highest BCUT2D eigenvalue weighted by molar-refractivity contribution is 7.16. The van der Waals surface area contributed by atoms with Crippen LogP contribution in [0.15, 0.2) is 217 Å². The predicted molar refractivity (Wildman–Crippen MR) is 363 cm³/mol. The average molecular weight is 1150 g/mol. The second-order valence-electron chi connectivity index (χ2n) is 24.9. The van der Waals surface area contributed by atoms with Crippen molar-refractivity contribution < 1.29 is 9.59 Å². The number of Topliss-reactive ketones (excluding diaryl/α,β-unsaturated/α-hetero) is 2. The molecule has 0 spiro atoms. The van der Waals surface area contributed by atoms with E-state index in [0.29, 0.717) is 11.1 Å². The normalized spacial score (nSPS) is 12.5. The van der Waals surface area contributed by atoms with Gasteiger partial charge in [-0.3, -0.25) is 9.59 Å². The fourth-order valence-corrected chi connectivity index (χ4v) is 13.9. The number of hydrogen-bond donors (Lipinski definition) is 0. The van der Waals surface area contributed by atoms with Gasteiger partial charge in [0.25, 0.3) is 0 Å². The quantitative estimate of drug-likeness (QED) is 0.0376. The molecule has 0 saturated heterocycles. The van der Waals surface area contributed by atoms with Gasteiger partial charge >= 0.3 is 0 Å². The molecule has 87 heavy (non-hydrogen) atoms. The van der Waals surface area contributed by atoms with Crippen LogP contribution in [0.4, 0.5) is 34.1 Å². The van der Waals surface area contributed by atoms with E-state index in [2.05, 4.69) is 235 Å². The number of thiophene rings is 1. The number of fused-ring (bicyclic) bond motifs is 3. The lowest BCUT2D eigenvalue weighted by molar-refractivity contribution is 0.0990. The summed E-state index contributed by atoms with van der Waals surface area (Å²) in [5.74, 6) is -0.430. The SMILES string of the molecule is Cc1ccc(N(c2ccc(CCC(C)(C)c3ccc(N(c4ccc(-c5ccc(C=C6C(=O)c7ccccc7C6=O)s5)cc4)c4ccc(C(C)(C)C)cc4)cc3)cc2C)c2ccc3c4ccc(C=C(C#N)C#N)c5cccc(c6cccc2c63)c54)c(C)c1. The predicted octanol–water partition coefficient (Wildman–Crippen LogP) is 21.4. The Balaban J connectivity index is 0.782. The zero-order chi connectivity index (χ0) is 60.5. The summed E-state index contributed by atoms with van der Waals surface area (Å²) in [5, 5.41) is 28.4. The van der Waals surface area contributed by atoms with Gasteiger partial charge in [-0.1, -0.05) is 180 Å². The van der Waals surface area contributed by atoms with Crippen molar-refractivity contribution >= 4 is 112 Å². The molecule has 0 radical (unpaired) electrons. The highest BCUT2D eigenvalue weighted by Gasteiger charge is 2.33. The molecule has 0 amide bonds. The third kappa shape index (κ3) is 10.1. The zero-order valence-corrected chi connectivity index (χ0v) is 51.0. The largest absolute Gasteiger partial charge is 0.311 e. The number of allylic oxidation sites excluding steroid dienone is 2. The Morgan fingerprint density at radius 1 is 0.506 bits per heavy atom. The first-order valence-corrected chi connectivity index (χ1v) is 30.5. The molecule has 0 unspecified atom stereocenters. The lowest BCUT2D eigenvalue weighted by Gasteiger charge is -2.31. The van der Waals surface area contributed by atoms with Crippen LogP contribution >= 0.6 is 11.3 Å². The van der Waals surface area contributed by atoms with E-state index in [1.54, 1.807) is 47.8 Å². The van der Waals surface area contributed by atoms with E-state index in [9.17, 15) is 20.1 Å². The van der Waals surface area contributed by atoms with Gasteiger partial charge in [0, 0.05) is 54.7 Å². The van der Waals surface area contributed by atoms with Crippen LogP contribution in [0.25, 0.3) is 65.7 Å². The number of nitriles is 2. The van der Waals surface area contributed by atoms with Gasteiger partial charge < -0.3 is 9.80 Å². The van der Waals surface area contributed by atoms with E-state index in [4.69, 9.17) is 0 Å². The monoisotopic (exact) mass is 1140 g/mol. The minimum Gasteiger partial charge on any atom is -0.311 e. The lowest BCUT2D eigenvalue weighted by Crippen LogP contribution is -2.19. The van der Waals surface area contributed by atoms with E-state index in [1.807, 2.05) is 24.3 Å². The van der Waals surface area contributed by atoms with E-state index >= 15 is 0 Å². The molecule has 1 heterocycles. The van der Waals surface area contributed by atoms with Crippen molar-refractivity contribution in [2.75, 3.05) is 9.80 Å². The number of aryl methyl sites for hydroxylation is 4. The molecule has 7 heteroatoms. The van der Waals surface area contributed by atoms with Crippen LogP contribution in [0, 0.1) is 43.4 Å². The summed E-state index contributed by atoms with van der Waals surface area (Å²) in [5.41, 5.74) is 17.0. The van der Waals surface area contributed by atoms with Crippen LogP contribution in [0.2, 0.25) is 0 Å². The standard InChI is InChI=1S/C80H64N4O2S/c1-49-19-37-71(50(2)43-49)84(73-39-36-66-65-35-23-55(45-53(47-81)48-82)62-15-11-16-63(75(62)65)64-17-12-18-69(73)76(64)66)72-38-20-52(44-51(72)3)41-42-80(7,8)57-26-32-60(33-27-57)83(59-30-24-56(25-31-59)79(4,5)6)58-28-21-54(22-29-58)74-40-34-61(87-74)46-70-77(85)67-13-9-10-14-68(67)78(70)86/h9-40,43-46H,41-42H2,1-8H3. The maximum atomic E-state index is 13.2. The summed E-state index contributed by atoms with van der Waals surface area (Å²) >= 11 is 1.57. The summed E-state index contributed by atoms with van der Waals surface area (Å²) in [7, 11) is 0. The van der Waals surface area contributed by atoms with E-state index < -0.39 is 0 Å². The van der Waals surface area contributed by atoms with Crippen molar-refractivity contribution in [3.63, 3.8) is 0 Å². The van der Waals surface area contributed by atoms with E-state index in [0.717, 1.165) is 106 Å². The van der Waals surface area contributed by atoms with Gasteiger partial charge in [-0.05, 0) is 200 Å². The summed E-state index contributed by atoms with van der Waals surface area (Å²) in [6.45, 7) is 18.0. The first-order chi connectivity index (χ1) is 42.0. The van der Waals surface area contributed by atoms with Crippen LogP contribution in [0.5, 0.6) is 0 Å². The molecule has 11 aromatic carbocycles. The smallest absolute Gasteiger partial charge is 0.197 e. The molecule has 1 aliphatic carbocycles. The molecule has 6 nitrogen and oxygen atoms in total. The molecule has 0 bridgehead atoms. The number of anilines is 6. The van der Waals surface area contributed by atoms with Gasteiger partial charge in [-0.25, -0.2) is 0 Å². The number of ketones is 2. The van der Waals surface area contributed by atoms with Crippen LogP contribution in [0.3, 0.4) is 0 Å². The second kappa shape index (κ2) is 22.0. The van der Waals surface area contributed by atoms with Gasteiger partial charge in [-0.15, -0.1) is 11.3 Å². The molecule has 12 aromatic rings. The molecule has 0 fully saturated rings. The summed E-state index contributed by atoms with van der Waals surface area (Å²) in [4.78, 5) is 33.0. The zero-order valence-electron chi connectivity index (χ0n) is 50.2. The fraction of sp³-hybridized carbons (Fsp3) is 0.150. The number of hydrogen-bond acceptors (Lipinski definition) is 7. The molecule has 13 rings (SSSR count). The van der Waals surface area contributed by atoms with Crippen LogP contribution in [0.1, 0.15) is 106 Å². The number of nitrogens with zero attached hydrogens (tertiary/aromatic N) is 4. The molecular formula is C80H64N4O2S. The van der Waals surface area contributed by atoms with Gasteiger partial charge in [0.1, 0.15) is 17.7 Å². The molecule has 1 aromatic heterocycles. The van der Waals surface area contributed by atoms with Crippen molar-refractivity contribution in [2.24, 2.45) is 0 Å². The number of carbonyl (C=O) groups is 2. The van der Waals surface area contributed by atoms with Crippen molar-refractivity contribution in [2.45, 2.75) is 79.1 Å². The highest BCUT2D eigenvalue weighted by Crippen LogP contribution is 2.49. The molecule has 0 saturated carbocycles. The van der Waals surface area contributed by atoms with Gasteiger partial charge in [0.05, 0.1) is 11.3 Å². The maximum Gasteiger partial charge on any atom is 0.197 e. The third-order valence-electron chi connectivity index (χ3n) is 17.7. The van der Waals surface area contributed by atoms with E-state index in [-0.39, 0.29) is 33.5 Å².